The van der Waals surface area contributed by atoms with Crippen molar-refractivity contribution in [3.05, 3.63) is 111 Å². The molecule has 4 aromatic rings. The summed E-state index contributed by atoms with van der Waals surface area (Å²) in [7, 11) is 0. The number of benzene rings is 3. The minimum atomic E-state index is -0.602. The summed E-state index contributed by atoms with van der Waals surface area (Å²) in [6.07, 6.45) is 4.85. The third kappa shape index (κ3) is 5.61. The van der Waals surface area contributed by atoms with Crippen LogP contribution in [-0.4, -0.2) is 28.5 Å². The second-order valence-electron chi connectivity index (χ2n) is 9.46. The molecule has 0 unspecified atom stereocenters. The van der Waals surface area contributed by atoms with Crippen LogP contribution in [0.3, 0.4) is 0 Å². The Morgan fingerprint density at radius 2 is 1.76 bits per heavy atom. The van der Waals surface area contributed by atoms with Gasteiger partial charge in [-0.2, -0.15) is 0 Å². The molecule has 1 aliphatic rings. The van der Waals surface area contributed by atoms with Crippen LogP contribution in [0.1, 0.15) is 64.2 Å². The maximum Gasteiger partial charge on any atom is 0.338 e. The number of ether oxygens (including phenoxy) is 1. The molecular weight excluding hydrogens is 466 g/mol. The summed E-state index contributed by atoms with van der Waals surface area (Å²) in [4.78, 5) is 45.1. The predicted molar refractivity (Wildman–Crippen MR) is 142 cm³/mol. The zero-order chi connectivity index (χ0) is 25.8. The van der Waals surface area contributed by atoms with Gasteiger partial charge in [-0.05, 0) is 73.1 Å². The van der Waals surface area contributed by atoms with Gasteiger partial charge < -0.3 is 15.0 Å². The topological polar surface area (TPSA) is 101 Å². The number of carbonyl (C=O) groups is 2. The van der Waals surface area contributed by atoms with Crippen LogP contribution in [0.4, 0.5) is 0 Å². The number of H-pyrrole nitrogens is 1. The summed E-state index contributed by atoms with van der Waals surface area (Å²) >= 11 is 0. The van der Waals surface area contributed by atoms with Gasteiger partial charge in [0.15, 0.2) is 6.61 Å². The Labute approximate surface area is 214 Å². The lowest BCUT2D eigenvalue weighted by Gasteiger charge is -2.20. The highest BCUT2D eigenvalue weighted by atomic mass is 16.5. The van der Waals surface area contributed by atoms with Crippen molar-refractivity contribution in [2.45, 2.75) is 45.1 Å². The van der Waals surface area contributed by atoms with Gasteiger partial charge in [-0.1, -0.05) is 48.5 Å². The van der Waals surface area contributed by atoms with Crippen LogP contribution in [0, 0.1) is 0 Å². The average molecular weight is 496 g/mol. The SMILES string of the molecule is C[C@H](NC(=O)COC(=O)c1ccccc1Cc1nc2ccccc2c(=O)[nH]1)c1ccc2c(c1)CCCC2. The molecule has 7 nitrogen and oxygen atoms in total. The lowest BCUT2D eigenvalue weighted by molar-refractivity contribution is -0.124. The molecule has 0 saturated carbocycles. The standard InChI is InChI=1S/C30H29N3O4/c1-19(21-15-14-20-8-2-3-9-22(20)16-21)31-28(34)18-37-30(36)24-11-5-4-10-23(24)17-27-32-26-13-7-6-12-25(26)29(35)33-27/h4-7,10-16,19H,2-3,8-9,17-18H2,1H3,(H,31,34)(H,32,33,35)/t19-/m0/s1. The number of rotatable bonds is 7. The molecule has 7 heteroatoms. The first-order valence-electron chi connectivity index (χ1n) is 12.6. The van der Waals surface area contributed by atoms with Crippen molar-refractivity contribution in [1.29, 1.82) is 0 Å². The highest BCUT2D eigenvalue weighted by Gasteiger charge is 2.18. The van der Waals surface area contributed by atoms with Gasteiger partial charge in [0.2, 0.25) is 0 Å². The lowest BCUT2D eigenvalue weighted by atomic mass is 9.89. The third-order valence-corrected chi connectivity index (χ3v) is 6.84. The first-order chi connectivity index (χ1) is 18.0. The second kappa shape index (κ2) is 10.8. The van der Waals surface area contributed by atoms with E-state index in [1.165, 1.54) is 24.0 Å². The molecule has 5 rings (SSSR count). The number of para-hydroxylation sites is 1. The first-order valence-corrected chi connectivity index (χ1v) is 12.6. The molecule has 1 aliphatic carbocycles. The quantitative estimate of drug-likeness (QED) is 0.370. The molecule has 3 aromatic carbocycles. The van der Waals surface area contributed by atoms with Crippen LogP contribution in [0.2, 0.25) is 0 Å². The molecular formula is C30H29N3O4. The van der Waals surface area contributed by atoms with Gasteiger partial charge in [-0.15, -0.1) is 0 Å². The average Bonchev–Trinajstić information content (AvgIpc) is 2.92. The normalized spacial score (nSPS) is 13.5. The van der Waals surface area contributed by atoms with Crippen molar-refractivity contribution < 1.29 is 14.3 Å². The minimum Gasteiger partial charge on any atom is -0.452 e. The van der Waals surface area contributed by atoms with Crippen LogP contribution in [0.15, 0.2) is 71.5 Å². The molecule has 0 bridgehead atoms. The van der Waals surface area contributed by atoms with Crippen LogP contribution < -0.4 is 10.9 Å². The molecule has 0 saturated heterocycles. The Bertz CT molecular complexity index is 1530. The number of aromatic nitrogens is 2. The van der Waals surface area contributed by atoms with Gasteiger partial charge in [0.1, 0.15) is 5.82 Å². The Balaban J connectivity index is 1.22. The van der Waals surface area contributed by atoms with Gasteiger partial charge in [0, 0.05) is 6.42 Å². The van der Waals surface area contributed by atoms with Gasteiger partial charge in [-0.25, -0.2) is 9.78 Å². The number of carbonyl (C=O) groups excluding carboxylic acids is 2. The third-order valence-electron chi connectivity index (χ3n) is 6.84. The predicted octanol–water partition coefficient (Wildman–Crippen LogP) is 4.43. The van der Waals surface area contributed by atoms with E-state index >= 15 is 0 Å². The van der Waals surface area contributed by atoms with Gasteiger partial charge in [0.05, 0.1) is 22.5 Å². The Morgan fingerprint density at radius 1 is 1.00 bits per heavy atom. The molecule has 0 radical (unpaired) electrons. The van der Waals surface area contributed by atoms with Gasteiger partial charge >= 0.3 is 5.97 Å². The van der Waals surface area contributed by atoms with E-state index < -0.39 is 5.97 Å². The van der Waals surface area contributed by atoms with E-state index in [1.54, 1.807) is 42.5 Å². The number of hydrogen-bond donors (Lipinski definition) is 2. The fourth-order valence-electron chi connectivity index (χ4n) is 4.87. The largest absolute Gasteiger partial charge is 0.452 e. The van der Waals surface area contributed by atoms with Crippen molar-refractivity contribution in [3.63, 3.8) is 0 Å². The van der Waals surface area contributed by atoms with Crippen molar-refractivity contribution in [2.24, 2.45) is 0 Å². The maximum absolute atomic E-state index is 12.9. The number of hydrogen-bond acceptors (Lipinski definition) is 5. The smallest absolute Gasteiger partial charge is 0.338 e. The monoisotopic (exact) mass is 495 g/mol. The highest BCUT2D eigenvalue weighted by molar-refractivity contribution is 5.93. The van der Waals surface area contributed by atoms with Crippen LogP contribution in [-0.2, 0) is 28.8 Å². The molecule has 0 spiro atoms. The van der Waals surface area contributed by atoms with Gasteiger partial charge in [0.25, 0.3) is 11.5 Å². The summed E-state index contributed by atoms with van der Waals surface area (Å²) < 4.78 is 5.35. The van der Waals surface area contributed by atoms with E-state index in [2.05, 4.69) is 33.5 Å². The van der Waals surface area contributed by atoms with Gasteiger partial charge in [-0.3, -0.25) is 9.59 Å². The molecule has 1 atom stereocenters. The summed E-state index contributed by atoms with van der Waals surface area (Å²) in [5, 5.41) is 3.43. The van der Waals surface area contributed by atoms with E-state index in [4.69, 9.17) is 4.74 Å². The van der Waals surface area contributed by atoms with Crippen LogP contribution in [0.25, 0.3) is 10.9 Å². The summed E-state index contributed by atoms with van der Waals surface area (Å²) in [6, 6.07) is 20.3. The van der Waals surface area contributed by atoms with E-state index in [1.807, 2.05) is 13.0 Å². The summed E-state index contributed by atoms with van der Waals surface area (Å²) in [6.45, 7) is 1.55. The Hall–Kier alpha value is -4.26. The second-order valence-corrected chi connectivity index (χ2v) is 9.46. The van der Waals surface area contributed by atoms with E-state index in [0.717, 1.165) is 18.4 Å². The van der Waals surface area contributed by atoms with Crippen molar-refractivity contribution in [2.75, 3.05) is 6.61 Å². The summed E-state index contributed by atoms with van der Waals surface area (Å²) in [5.41, 5.74) is 5.13. The highest BCUT2D eigenvalue weighted by Crippen LogP contribution is 2.24. The molecule has 37 heavy (non-hydrogen) atoms. The number of aromatic amines is 1. The number of nitrogens with zero attached hydrogens (tertiary/aromatic N) is 1. The Kier molecular flexibility index (Phi) is 7.12. The lowest BCUT2D eigenvalue weighted by Crippen LogP contribution is -2.31. The molecule has 1 heterocycles. The number of amides is 1. The Morgan fingerprint density at radius 3 is 2.62 bits per heavy atom. The molecule has 188 valence electrons. The molecule has 2 N–H and O–H groups in total. The van der Waals surface area contributed by atoms with Crippen molar-refractivity contribution in [1.82, 2.24) is 15.3 Å². The zero-order valence-corrected chi connectivity index (χ0v) is 20.8. The number of aryl methyl sites for hydroxylation is 2. The van der Waals surface area contributed by atoms with Crippen LogP contribution >= 0.6 is 0 Å². The van der Waals surface area contributed by atoms with Crippen LogP contribution in [0.5, 0.6) is 0 Å². The molecule has 0 fully saturated rings. The van der Waals surface area contributed by atoms with Crippen molar-refractivity contribution in [3.8, 4) is 0 Å². The minimum absolute atomic E-state index is 0.193. The maximum atomic E-state index is 12.9. The molecule has 1 amide bonds. The first kappa shape index (κ1) is 24.4. The number of nitrogens with one attached hydrogen (secondary N) is 2. The molecule has 0 aliphatic heterocycles. The van der Waals surface area contributed by atoms with E-state index in [0.29, 0.717) is 27.9 Å². The fraction of sp³-hybridized carbons (Fsp3) is 0.267. The van der Waals surface area contributed by atoms with E-state index in [-0.39, 0.29) is 30.5 Å². The van der Waals surface area contributed by atoms with Crippen molar-refractivity contribution >= 4 is 22.8 Å². The van der Waals surface area contributed by atoms with E-state index in [9.17, 15) is 14.4 Å². The number of esters is 1. The molecule has 1 aromatic heterocycles. The zero-order valence-electron chi connectivity index (χ0n) is 20.8. The summed E-state index contributed by atoms with van der Waals surface area (Å²) in [5.74, 6) is -0.521. The number of fused-ring (bicyclic) bond motifs is 2. The fourth-order valence-corrected chi connectivity index (χ4v) is 4.87.